The number of nitrogens with one attached hydrogen (secondary N) is 2. The fourth-order valence-electron chi connectivity index (χ4n) is 1.87. The Labute approximate surface area is 140 Å². The lowest BCUT2D eigenvalue weighted by Gasteiger charge is -2.12. The Morgan fingerprint density at radius 3 is 2.83 bits per heavy atom. The number of anilines is 1. The monoisotopic (exact) mass is 340 g/mol. The third-order valence-corrected chi connectivity index (χ3v) is 3.10. The van der Waals surface area contributed by atoms with Crippen molar-refractivity contribution in [2.45, 2.75) is 0 Å². The minimum Gasteiger partial charge on any atom is -0.493 e. The first-order valence-corrected chi connectivity index (χ1v) is 6.62. The summed E-state index contributed by atoms with van der Waals surface area (Å²) in [5, 5.41) is 4.12. The second kappa shape index (κ2) is 7.06. The Kier molecular flexibility index (Phi) is 3.94. The third-order valence-electron chi connectivity index (χ3n) is 2.89. The van der Waals surface area contributed by atoms with Crippen molar-refractivity contribution >= 4 is 29.1 Å². The molecule has 0 unspecified atom stereocenters. The Hall–Kier alpha value is -2.67. The van der Waals surface area contributed by atoms with Gasteiger partial charge < -0.3 is 15.4 Å². The number of carbonyl (C=O) groups is 2. The van der Waals surface area contributed by atoms with Crippen molar-refractivity contribution in [2.24, 2.45) is 0 Å². The number of benzene rings is 1. The molecular formula is C15H13ClFN3O3. The zero-order chi connectivity index (χ0) is 19.5. The minimum atomic E-state index is -2.73. The van der Waals surface area contributed by atoms with Crippen LogP contribution in [0.1, 0.15) is 24.8 Å². The Morgan fingerprint density at radius 2 is 2.13 bits per heavy atom. The van der Waals surface area contributed by atoms with Crippen molar-refractivity contribution < 1.29 is 22.8 Å². The van der Waals surface area contributed by atoms with Crippen molar-refractivity contribution in [1.29, 1.82) is 0 Å². The van der Waals surface area contributed by atoms with Crippen LogP contribution in [0.25, 0.3) is 0 Å². The van der Waals surface area contributed by atoms with E-state index in [1.54, 1.807) is 5.32 Å². The van der Waals surface area contributed by atoms with Gasteiger partial charge in [-0.3, -0.25) is 9.59 Å². The number of para-hydroxylation sites is 1. The lowest BCUT2D eigenvalue weighted by molar-refractivity contribution is 0.0963. The molecule has 8 heteroatoms. The summed E-state index contributed by atoms with van der Waals surface area (Å²) in [6, 6.07) is 4.92. The Bertz CT molecular complexity index is 862. The van der Waals surface area contributed by atoms with Crippen LogP contribution in [0.4, 0.5) is 10.1 Å². The number of rotatable bonds is 4. The molecule has 0 saturated heterocycles. The first kappa shape index (κ1) is 12.8. The quantitative estimate of drug-likeness (QED) is 0.838. The van der Waals surface area contributed by atoms with Crippen LogP contribution in [0.3, 0.4) is 0 Å². The van der Waals surface area contributed by atoms with Crippen LogP contribution >= 0.6 is 11.6 Å². The van der Waals surface area contributed by atoms with Crippen molar-refractivity contribution in [3.05, 3.63) is 52.6 Å². The van der Waals surface area contributed by atoms with Gasteiger partial charge in [-0.1, -0.05) is 17.7 Å². The molecule has 2 amide bonds. The van der Waals surface area contributed by atoms with E-state index in [4.69, 9.17) is 20.5 Å². The number of ether oxygens (including phenoxy) is 1. The average Bonchev–Trinajstić information content (AvgIpc) is 2.52. The summed E-state index contributed by atoms with van der Waals surface area (Å²) >= 11 is 5.78. The largest absolute Gasteiger partial charge is 0.493 e. The number of pyridine rings is 1. The normalized spacial score (nSPS) is 12.6. The van der Waals surface area contributed by atoms with Gasteiger partial charge in [0.05, 0.1) is 23.9 Å². The van der Waals surface area contributed by atoms with Gasteiger partial charge in [-0.15, -0.1) is 0 Å². The minimum absolute atomic E-state index is 0.0445. The highest BCUT2D eigenvalue weighted by molar-refractivity contribution is 6.30. The number of carbonyl (C=O) groups excluding carboxylic acids is 2. The van der Waals surface area contributed by atoms with Crippen LogP contribution in [-0.2, 0) is 0 Å². The number of hydrogen-bond donors (Lipinski definition) is 2. The summed E-state index contributed by atoms with van der Waals surface area (Å²) in [6.45, 7) is -2.73. The Morgan fingerprint density at radius 1 is 1.35 bits per heavy atom. The molecule has 2 rings (SSSR count). The van der Waals surface area contributed by atoms with Crippen LogP contribution in [0.2, 0.25) is 5.15 Å². The topological polar surface area (TPSA) is 80.3 Å². The molecule has 2 N–H and O–H groups in total. The smallest absolute Gasteiger partial charge is 0.259 e. The van der Waals surface area contributed by atoms with E-state index in [2.05, 4.69) is 10.3 Å². The predicted octanol–water partition coefficient (Wildman–Crippen LogP) is 2.49. The number of hydrogen-bond acceptors (Lipinski definition) is 4. The summed E-state index contributed by atoms with van der Waals surface area (Å²) in [6.07, 6.45) is 1.02. The molecule has 1 heterocycles. The summed E-state index contributed by atoms with van der Waals surface area (Å²) < 4.78 is 39.9. The highest BCUT2D eigenvalue weighted by Gasteiger charge is 2.19. The zero-order valence-electron chi connectivity index (χ0n) is 14.8. The maximum atomic E-state index is 13.7. The standard InChI is InChI=1S/C15H13ClFN3O3/c1-18-14(21)9-7-19-12(16)6-11(9)20-15(22)8-4-3-5-10(17)13(8)23-2/h3-7H,1-2H3,(H,18,21)(H,19,20,22)/i1D3. The molecule has 1 aromatic heterocycles. The van der Waals surface area contributed by atoms with Crippen molar-refractivity contribution in [3.63, 3.8) is 0 Å². The van der Waals surface area contributed by atoms with Gasteiger partial charge in [-0.2, -0.15) is 0 Å². The number of amides is 2. The maximum absolute atomic E-state index is 13.7. The number of halogens is 2. The Balaban J connectivity index is 2.38. The average molecular weight is 341 g/mol. The molecule has 0 fully saturated rings. The van der Waals surface area contributed by atoms with Crippen molar-refractivity contribution in [3.8, 4) is 5.75 Å². The van der Waals surface area contributed by atoms with Crippen molar-refractivity contribution in [2.75, 3.05) is 19.4 Å². The fraction of sp³-hybridized carbons (Fsp3) is 0.133. The van der Waals surface area contributed by atoms with Gasteiger partial charge in [0.1, 0.15) is 5.15 Å². The van der Waals surface area contributed by atoms with Crippen molar-refractivity contribution in [1.82, 2.24) is 10.3 Å². The lowest BCUT2D eigenvalue weighted by Crippen LogP contribution is -2.22. The molecule has 0 bridgehead atoms. The molecule has 0 atom stereocenters. The number of methoxy groups -OCH3 is 1. The molecule has 0 radical (unpaired) electrons. The molecule has 0 aliphatic rings. The van der Waals surface area contributed by atoms with Gasteiger partial charge in [0, 0.05) is 17.3 Å². The summed E-state index contributed by atoms with van der Waals surface area (Å²) in [5.41, 5.74) is -0.445. The molecule has 0 spiro atoms. The fourth-order valence-corrected chi connectivity index (χ4v) is 2.02. The molecule has 0 aliphatic carbocycles. The van der Waals surface area contributed by atoms with E-state index in [-0.39, 0.29) is 27.7 Å². The first-order valence-electron chi connectivity index (χ1n) is 7.74. The van der Waals surface area contributed by atoms with Crippen LogP contribution in [0.15, 0.2) is 30.5 Å². The highest BCUT2D eigenvalue weighted by Crippen LogP contribution is 2.25. The first-order chi connectivity index (χ1) is 12.1. The highest BCUT2D eigenvalue weighted by atomic mass is 35.5. The van der Waals surface area contributed by atoms with E-state index < -0.39 is 24.6 Å². The van der Waals surface area contributed by atoms with Gasteiger partial charge in [0.25, 0.3) is 11.8 Å². The molecule has 0 aliphatic heterocycles. The van der Waals surface area contributed by atoms with E-state index in [0.717, 1.165) is 12.3 Å². The van der Waals surface area contributed by atoms with Crippen LogP contribution < -0.4 is 15.4 Å². The van der Waals surface area contributed by atoms with Gasteiger partial charge in [-0.25, -0.2) is 9.37 Å². The second-order valence-electron chi connectivity index (χ2n) is 4.28. The summed E-state index contributed by atoms with van der Waals surface area (Å²) in [7, 11) is 1.20. The number of aromatic nitrogens is 1. The second-order valence-corrected chi connectivity index (χ2v) is 4.67. The zero-order valence-corrected chi connectivity index (χ0v) is 12.6. The molecule has 23 heavy (non-hydrogen) atoms. The molecule has 120 valence electrons. The number of nitrogens with zero attached hydrogens (tertiary/aromatic N) is 1. The summed E-state index contributed by atoms with van der Waals surface area (Å²) in [5.74, 6) is -2.80. The third kappa shape index (κ3) is 3.57. The van der Waals surface area contributed by atoms with E-state index in [0.29, 0.717) is 0 Å². The van der Waals surface area contributed by atoms with E-state index in [9.17, 15) is 14.0 Å². The molecule has 2 aromatic rings. The lowest BCUT2D eigenvalue weighted by atomic mass is 10.1. The SMILES string of the molecule is [2H]C([2H])([2H])NC(=O)c1cnc(Cl)cc1NC(=O)c1cccc(F)c1OC. The maximum Gasteiger partial charge on any atom is 0.259 e. The van der Waals surface area contributed by atoms with Crippen LogP contribution in [0.5, 0.6) is 5.75 Å². The molecule has 1 aromatic carbocycles. The van der Waals surface area contributed by atoms with Gasteiger partial charge >= 0.3 is 0 Å². The van der Waals surface area contributed by atoms with Crippen LogP contribution in [0, 0.1) is 5.82 Å². The van der Waals surface area contributed by atoms with E-state index in [1.165, 1.54) is 25.3 Å². The van der Waals surface area contributed by atoms with Gasteiger partial charge in [-0.05, 0) is 18.2 Å². The molecule has 6 nitrogen and oxygen atoms in total. The van der Waals surface area contributed by atoms with E-state index >= 15 is 0 Å². The molecular weight excluding hydrogens is 325 g/mol. The van der Waals surface area contributed by atoms with Gasteiger partial charge in [0.2, 0.25) is 0 Å². The molecule has 0 saturated carbocycles. The summed E-state index contributed by atoms with van der Waals surface area (Å²) in [4.78, 5) is 28.3. The van der Waals surface area contributed by atoms with E-state index in [1.807, 2.05) is 0 Å². The van der Waals surface area contributed by atoms with Crippen LogP contribution in [-0.4, -0.2) is 30.9 Å². The predicted molar refractivity (Wildman–Crippen MR) is 83.5 cm³/mol. The van der Waals surface area contributed by atoms with Gasteiger partial charge in [0.15, 0.2) is 11.6 Å².